The molecular formula is C19H21FN2O3. The Morgan fingerprint density at radius 3 is 2.28 bits per heavy atom. The van der Waals surface area contributed by atoms with Gasteiger partial charge in [0.15, 0.2) is 6.61 Å². The second kappa shape index (κ2) is 8.82. The van der Waals surface area contributed by atoms with Crippen LogP contribution in [0.15, 0.2) is 48.5 Å². The van der Waals surface area contributed by atoms with Crippen LogP contribution in [0.4, 0.5) is 10.1 Å². The smallest absolute Gasteiger partial charge is 0.338 e. The number of hydrogen-bond donors (Lipinski definition) is 1. The van der Waals surface area contributed by atoms with E-state index in [4.69, 9.17) is 4.74 Å². The highest BCUT2D eigenvalue weighted by atomic mass is 19.1. The number of anilines is 1. The minimum absolute atomic E-state index is 0.293. The van der Waals surface area contributed by atoms with Crippen LogP contribution in [-0.4, -0.2) is 39.1 Å². The molecule has 0 atom stereocenters. The molecule has 0 spiro atoms. The van der Waals surface area contributed by atoms with Crippen molar-refractivity contribution in [3.63, 3.8) is 0 Å². The van der Waals surface area contributed by atoms with Gasteiger partial charge in [-0.3, -0.25) is 4.79 Å². The van der Waals surface area contributed by atoms with Crippen LogP contribution in [0.2, 0.25) is 0 Å². The Bertz CT molecular complexity index is 712. The lowest BCUT2D eigenvalue weighted by molar-refractivity contribution is -0.124. The normalized spacial score (nSPS) is 10.2. The Labute approximate surface area is 146 Å². The molecule has 0 saturated carbocycles. The third-order valence-electron chi connectivity index (χ3n) is 3.60. The van der Waals surface area contributed by atoms with Gasteiger partial charge in [-0.25, -0.2) is 9.18 Å². The predicted octanol–water partition coefficient (Wildman–Crippen LogP) is 2.41. The molecule has 132 valence electrons. The highest BCUT2D eigenvalue weighted by molar-refractivity contribution is 5.91. The van der Waals surface area contributed by atoms with Gasteiger partial charge >= 0.3 is 5.97 Å². The molecule has 0 saturated heterocycles. The third kappa shape index (κ3) is 5.91. The second-order valence-corrected chi connectivity index (χ2v) is 5.74. The second-order valence-electron chi connectivity index (χ2n) is 5.74. The predicted molar refractivity (Wildman–Crippen MR) is 94.2 cm³/mol. The number of benzene rings is 2. The van der Waals surface area contributed by atoms with E-state index in [0.29, 0.717) is 18.5 Å². The fourth-order valence-electron chi connectivity index (χ4n) is 2.16. The molecule has 0 heterocycles. The van der Waals surface area contributed by atoms with E-state index in [1.165, 1.54) is 12.1 Å². The van der Waals surface area contributed by atoms with E-state index >= 15 is 0 Å². The quantitative estimate of drug-likeness (QED) is 0.784. The van der Waals surface area contributed by atoms with Crippen LogP contribution in [0, 0.1) is 5.82 Å². The van der Waals surface area contributed by atoms with E-state index in [1.807, 2.05) is 19.0 Å². The standard InChI is InChI=1S/C19H21FN2O3/c1-22(2)17-9-5-15(6-10-17)19(24)25-13-18(23)21-12-11-14-3-7-16(20)8-4-14/h3-10H,11-13H2,1-2H3,(H,21,23). The van der Waals surface area contributed by atoms with Crippen molar-refractivity contribution in [2.24, 2.45) is 0 Å². The van der Waals surface area contributed by atoms with Gasteiger partial charge in [0.1, 0.15) is 5.82 Å². The SMILES string of the molecule is CN(C)c1ccc(C(=O)OCC(=O)NCCc2ccc(F)cc2)cc1. The molecule has 2 rings (SSSR count). The van der Waals surface area contributed by atoms with Crippen molar-refractivity contribution in [2.45, 2.75) is 6.42 Å². The van der Waals surface area contributed by atoms with Crippen LogP contribution >= 0.6 is 0 Å². The molecule has 25 heavy (non-hydrogen) atoms. The first-order valence-electron chi connectivity index (χ1n) is 7.91. The van der Waals surface area contributed by atoms with Gasteiger partial charge in [-0.2, -0.15) is 0 Å². The maximum absolute atomic E-state index is 12.8. The van der Waals surface area contributed by atoms with Crippen LogP contribution in [0.1, 0.15) is 15.9 Å². The zero-order valence-electron chi connectivity index (χ0n) is 14.3. The summed E-state index contributed by atoms with van der Waals surface area (Å²) in [7, 11) is 3.81. The summed E-state index contributed by atoms with van der Waals surface area (Å²) < 4.78 is 17.8. The summed E-state index contributed by atoms with van der Waals surface area (Å²) in [5.41, 5.74) is 2.28. The van der Waals surface area contributed by atoms with Crippen molar-refractivity contribution < 1.29 is 18.7 Å². The Hall–Kier alpha value is -2.89. The summed E-state index contributed by atoms with van der Waals surface area (Å²) in [6, 6.07) is 13.0. The van der Waals surface area contributed by atoms with Crippen molar-refractivity contribution in [1.29, 1.82) is 0 Å². The summed E-state index contributed by atoms with van der Waals surface area (Å²) >= 11 is 0. The lowest BCUT2D eigenvalue weighted by Gasteiger charge is -2.12. The molecule has 2 aromatic carbocycles. The number of ether oxygens (including phenoxy) is 1. The van der Waals surface area contributed by atoms with Crippen LogP contribution in [0.5, 0.6) is 0 Å². The maximum Gasteiger partial charge on any atom is 0.338 e. The molecule has 0 radical (unpaired) electrons. The third-order valence-corrected chi connectivity index (χ3v) is 3.60. The van der Waals surface area contributed by atoms with Gasteiger partial charge in [-0.15, -0.1) is 0 Å². The van der Waals surface area contributed by atoms with Gasteiger partial charge in [0, 0.05) is 26.3 Å². The van der Waals surface area contributed by atoms with Gasteiger partial charge in [-0.05, 0) is 48.4 Å². The summed E-state index contributed by atoms with van der Waals surface area (Å²) in [4.78, 5) is 25.5. The molecule has 0 aliphatic rings. The first-order chi connectivity index (χ1) is 12.0. The maximum atomic E-state index is 12.8. The van der Waals surface area contributed by atoms with Crippen molar-refractivity contribution >= 4 is 17.6 Å². The van der Waals surface area contributed by atoms with Crippen LogP contribution in [0.3, 0.4) is 0 Å². The fourth-order valence-corrected chi connectivity index (χ4v) is 2.16. The summed E-state index contributed by atoms with van der Waals surface area (Å²) in [6.07, 6.45) is 0.575. The summed E-state index contributed by atoms with van der Waals surface area (Å²) in [5, 5.41) is 2.66. The number of halogens is 1. The van der Waals surface area contributed by atoms with Gasteiger partial charge in [0.05, 0.1) is 5.56 Å². The van der Waals surface area contributed by atoms with E-state index in [1.54, 1.807) is 36.4 Å². The summed E-state index contributed by atoms with van der Waals surface area (Å²) in [6.45, 7) is 0.0528. The number of nitrogens with one attached hydrogen (secondary N) is 1. The van der Waals surface area contributed by atoms with E-state index in [0.717, 1.165) is 11.3 Å². The van der Waals surface area contributed by atoms with Gasteiger partial charge in [-0.1, -0.05) is 12.1 Å². The molecular weight excluding hydrogens is 323 g/mol. The van der Waals surface area contributed by atoms with Gasteiger partial charge in [0.25, 0.3) is 5.91 Å². The van der Waals surface area contributed by atoms with Crippen molar-refractivity contribution in [3.05, 3.63) is 65.5 Å². The Morgan fingerprint density at radius 1 is 1.04 bits per heavy atom. The van der Waals surface area contributed by atoms with Crippen LogP contribution < -0.4 is 10.2 Å². The molecule has 0 fully saturated rings. The number of esters is 1. The molecule has 0 aromatic heterocycles. The average Bonchev–Trinajstić information content (AvgIpc) is 2.61. The first kappa shape index (κ1) is 18.4. The molecule has 0 aliphatic carbocycles. The highest BCUT2D eigenvalue weighted by Gasteiger charge is 2.10. The topological polar surface area (TPSA) is 58.6 Å². The van der Waals surface area contributed by atoms with Crippen molar-refractivity contribution in [1.82, 2.24) is 5.32 Å². The number of rotatable bonds is 7. The van der Waals surface area contributed by atoms with E-state index in [9.17, 15) is 14.0 Å². The molecule has 1 amide bonds. The van der Waals surface area contributed by atoms with Crippen molar-refractivity contribution in [3.8, 4) is 0 Å². The fraction of sp³-hybridized carbons (Fsp3) is 0.263. The summed E-state index contributed by atoms with van der Waals surface area (Å²) in [5.74, 6) is -1.21. The number of nitrogens with zero attached hydrogens (tertiary/aromatic N) is 1. The molecule has 5 nitrogen and oxygen atoms in total. The number of hydrogen-bond acceptors (Lipinski definition) is 4. The number of carbonyl (C=O) groups is 2. The zero-order chi connectivity index (χ0) is 18.2. The lowest BCUT2D eigenvalue weighted by atomic mass is 10.1. The largest absolute Gasteiger partial charge is 0.452 e. The minimum Gasteiger partial charge on any atom is -0.452 e. The molecule has 2 aromatic rings. The Kier molecular flexibility index (Phi) is 6.51. The van der Waals surface area contributed by atoms with E-state index in [-0.39, 0.29) is 18.3 Å². The zero-order valence-corrected chi connectivity index (χ0v) is 14.3. The number of amides is 1. The highest BCUT2D eigenvalue weighted by Crippen LogP contribution is 2.12. The van der Waals surface area contributed by atoms with Gasteiger partial charge < -0.3 is 15.0 Å². The molecule has 0 bridgehead atoms. The molecule has 1 N–H and O–H groups in total. The monoisotopic (exact) mass is 344 g/mol. The first-order valence-corrected chi connectivity index (χ1v) is 7.91. The Balaban J connectivity index is 1.71. The van der Waals surface area contributed by atoms with Crippen LogP contribution in [0.25, 0.3) is 0 Å². The Morgan fingerprint density at radius 2 is 1.68 bits per heavy atom. The lowest BCUT2D eigenvalue weighted by Crippen LogP contribution is -2.30. The van der Waals surface area contributed by atoms with E-state index in [2.05, 4.69) is 5.32 Å². The molecule has 0 unspecified atom stereocenters. The molecule has 0 aliphatic heterocycles. The van der Waals surface area contributed by atoms with Crippen LogP contribution in [-0.2, 0) is 16.0 Å². The van der Waals surface area contributed by atoms with E-state index < -0.39 is 5.97 Å². The minimum atomic E-state index is -0.543. The van der Waals surface area contributed by atoms with Crippen molar-refractivity contribution in [2.75, 3.05) is 32.1 Å². The average molecular weight is 344 g/mol. The molecule has 6 heteroatoms. The number of carbonyl (C=O) groups excluding carboxylic acids is 2. The van der Waals surface area contributed by atoms with Gasteiger partial charge in [0.2, 0.25) is 0 Å².